The topological polar surface area (TPSA) is 35.8 Å². The molecule has 3 heteroatoms. The van der Waals surface area contributed by atoms with Crippen LogP contribution in [0.3, 0.4) is 0 Å². The van der Waals surface area contributed by atoms with Gasteiger partial charge >= 0.3 is 0 Å². The average molecular weight is 192 g/mol. The van der Waals surface area contributed by atoms with Crippen LogP contribution < -0.4 is 5.32 Å². The third kappa shape index (κ3) is 2.46. The third-order valence-corrected chi connectivity index (χ3v) is 1.89. The third-order valence-electron chi connectivity index (χ3n) is 1.89. The van der Waals surface area contributed by atoms with Gasteiger partial charge in [0, 0.05) is 5.69 Å². The smallest absolute Gasteiger partial charge is 0.126 e. The first kappa shape index (κ1) is 10.5. The number of hydrogen-bond donors (Lipinski definition) is 1. The average Bonchev–Trinajstić information content (AvgIpc) is 2.11. The molecule has 0 saturated carbocycles. The Morgan fingerprint density at radius 1 is 1.43 bits per heavy atom. The molecule has 0 heterocycles. The fourth-order valence-electron chi connectivity index (χ4n) is 1.11. The highest BCUT2D eigenvalue weighted by molar-refractivity contribution is 5.49. The Balaban J connectivity index is 2.90. The van der Waals surface area contributed by atoms with Crippen LogP contribution in [0, 0.1) is 24.1 Å². The van der Waals surface area contributed by atoms with Crippen molar-refractivity contribution in [1.29, 1.82) is 5.26 Å². The summed E-state index contributed by atoms with van der Waals surface area (Å²) in [6, 6.07) is 6.83. The van der Waals surface area contributed by atoms with Crippen molar-refractivity contribution in [3.8, 4) is 6.07 Å². The maximum Gasteiger partial charge on any atom is 0.126 e. The second kappa shape index (κ2) is 3.67. The Bertz CT molecular complexity index is 377. The van der Waals surface area contributed by atoms with E-state index in [0.29, 0.717) is 5.56 Å². The minimum Gasteiger partial charge on any atom is -0.368 e. The minimum absolute atomic E-state index is 0.231. The second-order valence-electron chi connectivity index (χ2n) is 3.83. The highest BCUT2D eigenvalue weighted by Gasteiger charge is 2.15. The first-order valence-corrected chi connectivity index (χ1v) is 4.40. The van der Waals surface area contributed by atoms with Crippen LogP contribution in [0.25, 0.3) is 0 Å². The van der Waals surface area contributed by atoms with Gasteiger partial charge in [0.1, 0.15) is 11.4 Å². The molecule has 14 heavy (non-hydrogen) atoms. The summed E-state index contributed by atoms with van der Waals surface area (Å²) in [5.41, 5.74) is 0.698. The molecule has 0 aliphatic heterocycles. The number of anilines is 1. The molecule has 1 aromatic rings. The van der Waals surface area contributed by atoms with Crippen molar-refractivity contribution in [2.45, 2.75) is 26.3 Å². The summed E-state index contributed by atoms with van der Waals surface area (Å²) in [5.74, 6) is -0.231. The number of aryl methyl sites for hydroxylation is 1. The molecule has 0 saturated heterocycles. The lowest BCUT2D eigenvalue weighted by Gasteiger charge is -2.19. The minimum atomic E-state index is -0.635. The van der Waals surface area contributed by atoms with Gasteiger partial charge in [0.2, 0.25) is 0 Å². The van der Waals surface area contributed by atoms with E-state index in [2.05, 4.69) is 11.4 Å². The quantitative estimate of drug-likeness (QED) is 0.782. The largest absolute Gasteiger partial charge is 0.368 e. The number of nitrogens with one attached hydrogen (secondary N) is 1. The van der Waals surface area contributed by atoms with Gasteiger partial charge < -0.3 is 5.32 Å². The van der Waals surface area contributed by atoms with Crippen molar-refractivity contribution >= 4 is 5.69 Å². The fraction of sp³-hybridized carbons (Fsp3) is 0.364. The molecule has 0 aliphatic carbocycles. The predicted molar refractivity (Wildman–Crippen MR) is 54.5 cm³/mol. The van der Waals surface area contributed by atoms with Gasteiger partial charge in [-0.1, -0.05) is 0 Å². The van der Waals surface area contributed by atoms with E-state index in [-0.39, 0.29) is 5.82 Å². The van der Waals surface area contributed by atoms with Crippen molar-refractivity contribution in [3.63, 3.8) is 0 Å². The van der Waals surface area contributed by atoms with E-state index in [1.165, 1.54) is 6.07 Å². The number of hydrogen-bond acceptors (Lipinski definition) is 2. The summed E-state index contributed by atoms with van der Waals surface area (Å²) < 4.78 is 12.9. The van der Waals surface area contributed by atoms with Gasteiger partial charge in [-0.3, -0.25) is 0 Å². The van der Waals surface area contributed by atoms with Gasteiger partial charge in [0.05, 0.1) is 6.07 Å². The summed E-state index contributed by atoms with van der Waals surface area (Å²) in [6.07, 6.45) is 0. The first-order valence-electron chi connectivity index (χ1n) is 4.40. The Labute approximate surface area is 83.4 Å². The van der Waals surface area contributed by atoms with Crippen molar-refractivity contribution in [3.05, 3.63) is 29.6 Å². The second-order valence-corrected chi connectivity index (χ2v) is 3.83. The van der Waals surface area contributed by atoms with Crippen LogP contribution in [-0.2, 0) is 0 Å². The van der Waals surface area contributed by atoms with E-state index in [9.17, 15) is 4.39 Å². The van der Waals surface area contributed by atoms with Gasteiger partial charge in [0.25, 0.3) is 0 Å². The summed E-state index contributed by atoms with van der Waals surface area (Å²) in [7, 11) is 0. The lowest BCUT2D eigenvalue weighted by molar-refractivity contribution is 0.618. The highest BCUT2D eigenvalue weighted by atomic mass is 19.1. The molecule has 0 aliphatic rings. The molecule has 0 atom stereocenters. The molecule has 0 radical (unpaired) electrons. The summed E-state index contributed by atoms with van der Waals surface area (Å²) in [4.78, 5) is 0. The van der Waals surface area contributed by atoms with Crippen molar-refractivity contribution in [2.24, 2.45) is 0 Å². The lowest BCUT2D eigenvalue weighted by atomic mass is 10.1. The van der Waals surface area contributed by atoms with Crippen LogP contribution in [0.4, 0.5) is 10.1 Å². The Morgan fingerprint density at radius 2 is 2.07 bits per heavy atom. The van der Waals surface area contributed by atoms with Crippen molar-refractivity contribution < 1.29 is 4.39 Å². The maximum atomic E-state index is 12.9. The van der Waals surface area contributed by atoms with Gasteiger partial charge in [-0.15, -0.1) is 0 Å². The standard InChI is InChI=1S/C11H13FN2/c1-8-6-9(4-5-10(8)12)14-11(2,3)7-13/h4-6,14H,1-3H3. The van der Waals surface area contributed by atoms with Crippen molar-refractivity contribution in [1.82, 2.24) is 0 Å². The number of nitrogens with zero attached hydrogens (tertiary/aromatic N) is 1. The van der Waals surface area contributed by atoms with Crippen LogP contribution in [0.5, 0.6) is 0 Å². The van der Waals surface area contributed by atoms with E-state index in [0.717, 1.165) is 5.69 Å². The van der Waals surface area contributed by atoms with Crippen LogP contribution in [0.2, 0.25) is 0 Å². The Morgan fingerprint density at radius 3 is 2.57 bits per heavy atom. The molecule has 74 valence electrons. The predicted octanol–water partition coefficient (Wildman–Crippen LogP) is 2.85. The number of nitriles is 1. The van der Waals surface area contributed by atoms with Gasteiger partial charge in [-0.2, -0.15) is 5.26 Å². The van der Waals surface area contributed by atoms with E-state index >= 15 is 0 Å². The van der Waals surface area contributed by atoms with Gasteiger partial charge in [0.15, 0.2) is 0 Å². The summed E-state index contributed by atoms with van der Waals surface area (Å²) in [5, 5.41) is 11.8. The van der Waals surface area contributed by atoms with Gasteiger partial charge in [-0.25, -0.2) is 4.39 Å². The fourth-order valence-corrected chi connectivity index (χ4v) is 1.11. The molecule has 0 aromatic heterocycles. The monoisotopic (exact) mass is 192 g/mol. The summed E-state index contributed by atoms with van der Waals surface area (Å²) >= 11 is 0. The highest BCUT2D eigenvalue weighted by Crippen LogP contribution is 2.17. The molecule has 0 unspecified atom stereocenters. The maximum absolute atomic E-state index is 12.9. The number of benzene rings is 1. The van der Waals surface area contributed by atoms with E-state index < -0.39 is 5.54 Å². The zero-order valence-corrected chi connectivity index (χ0v) is 8.56. The Kier molecular flexibility index (Phi) is 2.76. The van der Waals surface area contributed by atoms with Crippen LogP contribution in [0.15, 0.2) is 18.2 Å². The van der Waals surface area contributed by atoms with E-state index in [1.807, 2.05) is 0 Å². The first-order chi connectivity index (χ1) is 6.44. The van der Waals surface area contributed by atoms with Gasteiger partial charge in [-0.05, 0) is 44.5 Å². The molecule has 1 N–H and O–H groups in total. The summed E-state index contributed by atoms with van der Waals surface area (Å²) in [6.45, 7) is 5.23. The molecule has 2 nitrogen and oxygen atoms in total. The SMILES string of the molecule is Cc1cc(NC(C)(C)C#N)ccc1F. The zero-order valence-electron chi connectivity index (χ0n) is 8.56. The molecule has 0 fully saturated rings. The molecular weight excluding hydrogens is 179 g/mol. The molecule has 0 bridgehead atoms. The van der Waals surface area contributed by atoms with Crippen molar-refractivity contribution in [2.75, 3.05) is 5.32 Å². The van der Waals surface area contributed by atoms with E-state index in [4.69, 9.17) is 5.26 Å². The Hall–Kier alpha value is -1.56. The zero-order chi connectivity index (χ0) is 10.8. The normalized spacial score (nSPS) is 10.8. The number of halogens is 1. The van der Waals surface area contributed by atoms with Crippen LogP contribution >= 0.6 is 0 Å². The van der Waals surface area contributed by atoms with Crippen LogP contribution in [0.1, 0.15) is 19.4 Å². The molecule has 1 rings (SSSR count). The molecule has 0 amide bonds. The molecular formula is C11H13FN2. The molecule has 1 aromatic carbocycles. The van der Waals surface area contributed by atoms with E-state index in [1.54, 1.807) is 32.9 Å². The number of rotatable bonds is 2. The van der Waals surface area contributed by atoms with Crippen LogP contribution in [-0.4, -0.2) is 5.54 Å². The lowest BCUT2D eigenvalue weighted by Crippen LogP contribution is -2.28. The molecule has 0 spiro atoms.